The van der Waals surface area contributed by atoms with Gasteiger partial charge in [0.1, 0.15) is 5.82 Å². The summed E-state index contributed by atoms with van der Waals surface area (Å²) in [6.45, 7) is 9.12. The van der Waals surface area contributed by atoms with Crippen LogP contribution in [0.3, 0.4) is 0 Å². The summed E-state index contributed by atoms with van der Waals surface area (Å²) >= 11 is 0. The molecule has 5 rings (SSSR count). The van der Waals surface area contributed by atoms with E-state index >= 15 is 0 Å². The van der Waals surface area contributed by atoms with Crippen molar-refractivity contribution in [1.29, 1.82) is 0 Å². The third-order valence-electron chi connectivity index (χ3n) is 6.30. The average molecular weight is 386 g/mol. The maximum Gasteiger partial charge on any atom is 0.261 e. The molecule has 148 valence electrons. The molecular formula is C25H27N3O. The molecule has 0 N–H and O–H groups in total. The van der Waals surface area contributed by atoms with E-state index < -0.39 is 0 Å². The summed E-state index contributed by atoms with van der Waals surface area (Å²) in [5.41, 5.74) is 6.08. The van der Waals surface area contributed by atoms with Gasteiger partial charge in [-0.3, -0.25) is 9.36 Å². The molecule has 2 aliphatic heterocycles. The fourth-order valence-corrected chi connectivity index (χ4v) is 4.56. The normalized spacial score (nSPS) is 18.0. The van der Waals surface area contributed by atoms with Crippen LogP contribution in [0.5, 0.6) is 0 Å². The van der Waals surface area contributed by atoms with Crippen LogP contribution in [0.4, 0.5) is 5.69 Å². The maximum absolute atomic E-state index is 13.1. The summed E-state index contributed by atoms with van der Waals surface area (Å²) in [4.78, 5) is 20.3. The van der Waals surface area contributed by atoms with Crippen molar-refractivity contribution in [2.45, 2.75) is 40.2 Å². The van der Waals surface area contributed by atoms with Crippen LogP contribution >= 0.6 is 0 Å². The maximum atomic E-state index is 13.1. The van der Waals surface area contributed by atoms with Crippen LogP contribution in [0.2, 0.25) is 0 Å². The number of rotatable bonds is 2. The molecule has 0 bridgehead atoms. The molecule has 1 aromatic heterocycles. The lowest BCUT2D eigenvalue weighted by atomic mass is 9.85. The first kappa shape index (κ1) is 18.2. The van der Waals surface area contributed by atoms with Crippen LogP contribution in [0, 0.1) is 12.3 Å². The highest BCUT2D eigenvalue weighted by Crippen LogP contribution is 2.31. The predicted octanol–water partition coefficient (Wildman–Crippen LogP) is 4.58. The molecule has 0 radical (unpaired) electrons. The molecule has 0 saturated carbocycles. The fourth-order valence-electron chi connectivity index (χ4n) is 4.56. The van der Waals surface area contributed by atoms with Crippen LogP contribution in [-0.2, 0) is 13.0 Å². The molecule has 0 amide bonds. The molecule has 29 heavy (non-hydrogen) atoms. The first-order valence-electron chi connectivity index (χ1n) is 10.4. The van der Waals surface area contributed by atoms with Crippen molar-refractivity contribution in [3.63, 3.8) is 0 Å². The van der Waals surface area contributed by atoms with Gasteiger partial charge in [0.25, 0.3) is 5.56 Å². The average Bonchev–Trinajstić information content (AvgIpc) is 3.18. The van der Waals surface area contributed by atoms with Gasteiger partial charge < -0.3 is 4.90 Å². The van der Waals surface area contributed by atoms with Gasteiger partial charge >= 0.3 is 0 Å². The Labute approximate surface area is 171 Å². The van der Waals surface area contributed by atoms with E-state index in [-0.39, 0.29) is 11.0 Å². The summed E-state index contributed by atoms with van der Waals surface area (Å²) in [5.74, 6) is 0.931. The summed E-state index contributed by atoms with van der Waals surface area (Å²) in [5, 5.41) is 0.726. The van der Waals surface area contributed by atoms with Crippen molar-refractivity contribution in [3.8, 4) is 0 Å². The zero-order chi connectivity index (χ0) is 20.2. The first-order valence-corrected chi connectivity index (χ1v) is 10.4. The highest BCUT2D eigenvalue weighted by Gasteiger charge is 2.27. The monoisotopic (exact) mass is 385 g/mol. The van der Waals surface area contributed by atoms with E-state index in [2.05, 4.69) is 68.1 Å². The van der Waals surface area contributed by atoms with E-state index in [1.807, 2.05) is 10.6 Å². The Balaban J connectivity index is 1.47. The second-order valence-corrected chi connectivity index (χ2v) is 9.26. The lowest BCUT2D eigenvalue weighted by Crippen LogP contribution is -2.36. The van der Waals surface area contributed by atoms with Crippen molar-refractivity contribution in [3.05, 3.63) is 75.8 Å². The van der Waals surface area contributed by atoms with Gasteiger partial charge in [0.05, 0.1) is 10.9 Å². The molecule has 0 spiro atoms. The van der Waals surface area contributed by atoms with Gasteiger partial charge in [-0.05, 0) is 59.7 Å². The van der Waals surface area contributed by atoms with Gasteiger partial charge in [-0.2, -0.15) is 0 Å². The smallest absolute Gasteiger partial charge is 0.261 e. The highest BCUT2D eigenvalue weighted by atomic mass is 16.1. The Bertz CT molecular complexity index is 1200. The summed E-state index contributed by atoms with van der Waals surface area (Å²) in [6, 6.07) is 14.8. The standard InChI is InChI=1S/C25H27N3O/c1-17-5-4-6-20(13-17)27-12-10-19(15-27)18-7-8-21-22(14-18)26-23-9-11-25(2,3)16-28(23)24(21)29/h4-8,10,13-14H,9,11-12,15-16H2,1-3H3. The van der Waals surface area contributed by atoms with Crippen molar-refractivity contribution in [1.82, 2.24) is 9.55 Å². The SMILES string of the molecule is Cc1cccc(N2CC=C(c3ccc4c(=O)n5c(nc4c3)CCC(C)(C)C5)C2)c1. The van der Waals surface area contributed by atoms with Crippen molar-refractivity contribution in [2.75, 3.05) is 18.0 Å². The van der Waals surface area contributed by atoms with Gasteiger partial charge in [0, 0.05) is 31.7 Å². The van der Waals surface area contributed by atoms with Crippen molar-refractivity contribution < 1.29 is 0 Å². The van der Waals surface area contributed by atoms with E-state index in [1.165, 1.54) is 22.4 Å². The van der Waals surface area contributed by atoms with Gasteiger partial charge in [0.15, 0.2) is 0 Å². The number of hydrogen-bond acceptors (Lipinski definition) is 3. The first-order chi connectivity index (χ1) is 13.9. The predicted molar refractivity (Wildman–Crippen MR) is 119 cm³/mol. The fraction of sp³-hybridized carbons (Fsp3) is 0.360. The van der Waals surface area contributed by atoms with Crippen LogP contribution in [0.1, 0.15) is 37.2 Å². The largest absolute Gasteiger partial charge is 0.363 e. The molecular weight excluding hydrogens is 358 g/mol. The van der Waals surface area contributed by atoms with Crippen LogP contribution in [-0.4, -0.2) is 22.6 Å². The highest BCUT2D eigenvalue weighted by molar-refractivity contribution is 5.84. The number of anilines is 1. The third kappa shape index (κ3) is 3.27. The van der Waals surface area contributed by atoms with Crippen LogP contribution in [0.25, 0.3) is 16.5 Å². The summed E-state index contributed by atoms with van der Waals surface area (Å²) in [7, 11) is 0. The van der Waals surface area contributed by atoms with E-state index in [0.29, 0.717) is 0 Å². The Morgan fingerprint density at radius 1 is 1.10 bits per heavy atom. The number of aromatic nitrogens is 2. The van der Waals surface area contributed by atoms with Gasteiger partial charge in [0.2, 0.25) is 0 Å². The van der Waals surface area contributed by atoms with E-state index in [0.717, 1.165) is 49.2 Å². The van der Waals surface area contributed by atoms with Gasteiger partial charge in [-0.25, -0.2) is 4.98 Å². The van der Waals surface area contributed by atoms with E-state index in [4.69, 9.17) is 4.98 Å². The van der Waals surface area contributed by atoms with Gasteiger partial charge in [-0.1, -0.05) is 38.1 Å². The van der Waals surface area contributed by atoms with Crippen LogP contribution in [0.15, 0.2) is 53.3 Å². The number of nitrogens with zero attached hydrogens (tertiary/aromatic N) is 3. The quantitative estimate of drug-likeness (QED) is 0.648. The second-order valence-electron chi connectivity index (χ2n) is 9.26. The molecule has 3 heterocycles. The van der Waals surface area contributed by atoms with Crippen molar-refractivity contribution >= 4 is 22.2 Å². The Morgan fingerprint density at radius 3 is 2.79 bits per heavy atom. The molecule has 0 unspecified atom stereocenters. The van der Waals surface area contributed by atoms with Crippen LogP contribution < -0.4 is 10.5 Å². The molecule has 0 fully saturated rings. The topological polar surface area (TPSA) is 38.1 Å². The molecule has 0 atom stereocenters. The lowest BCUT2D eigenvalue weighted by Gasteiger charge is -2.31. The Morgan fingerprint density at radius 2 is 1.97 bits per heavy atom. The summed E-state index contributed by atoms with van der Waals surface area (Å²) < 4.78 is 1.89. The zero-order valence-corrected chi connectivity index (χ0v) is 17.4. The minimum atomic E-state index is 0.103. The van der Waals surface area contributed by atoms with E-state index in [1.54, 1.807) is 0 Å². The van der Waals surface area contributed by atoms with Crippen molar-refractivity contribution in [2.24, 2.45) is 5.41 Å². The Kier molecular flexibility index (Phi) is 4.12. The number of hydrogen-bond donors (Lipinski definition) is 0. The van der Waals surface area contributed by atoms with E-state index in [9.17, 15) is 4.79 Å². The molecule has 2 aromatic carbocycles. The summed E-state index contributed by atoms with van der Waals surface area (Å²) in [6.07, 6.45) is 4.23. The molecule has 4 nitrogen and oxygen atoms in total. The molecule has 4 heteroatoms. The number of benzene rings is 2. The molecule has 0 aliphatic carbocycles. The lowest BCUT2D eigenvalue weighted by molar-refractivity contribution is 0.240. The molecule has 0 saturated heterocycles. The molecule has 3 aromatic rings. The Hall–Kier alpha value is -2.88. The minimum Gasteiger partial charge on any atom is -0.363 e. The third-order valence-corrected chi connectivity index (χ3v) is 6.30. The number of aryl methyl sites for hydroxylation is 2. The minimum absolute atomic E-state index is 0.103. The second kappa shape index (κ2) is 6.58. The number of fused-ring (bicyclic) bond motifs is 2. The molecule has 2 aliphatic rings. The zero-order valence-electron chi connectivity index (χ0n) is 17.4. The van der Waals surface area contributed by atoms with Gasteiger partial charge in [-0.15, -0.1) is 0 Å².